The number of carbonyl (C=O) groups is 2. The van der Waals surface area contributed by atoms with Gasteiger partial charge in [-0.25, -0.2) is 4.90 Å². The minimum Gasteiger partial charge on any atom is -0.316 e. The molecule has 0 saturated carbocycles. The van der Waals surface area contributed by atoms with E-state index in [0.717, 1.165) is 43.0 Å². The fourth-order valence-corrected chi connectivity index (χ4v) is 5.74. The number of amides is 2. The first kappa shape index (κ1) is 22.5. The highest BCUT2D eigenvalue weighted by Crippen LogP contribution is 2.26. The Hall–Kier alpha value is -3.28. The van der Waals surface area contributed by atoms with Crippen LogP contribution in [0.5, 0.6) is 0 Å². The maximum absolute atomic E-state index is 13.4. The number of rotatable bonds is 5. The van der Waals surface area contributed by atoms with Gasteiger partial charge in [-0.3, -0.25) is 9.59 Å². The second-order valence-electron chi connectivity index (χ2n) is 9.68. The number of aryl methyl sites for hydroxylation is 2. The number of imide groups is 1. The first-order valence-corrected chi connectivity index (χ1v) is 12.3. The van der Waals surface area contributed by atoms with Gasteiger partial charge in [0.2, 0.25) is 5.91 Å². The molecule has 5 rings (SSSR count). The molecule has 2 N–H and O–H groups in total. The summed E-state index contributed by atoms with van der Waals surface area (Å²) in [5, 5.41) is 0. The quantitative estimate of drug-likeness (QED) is 0.573. The Kier molecular flexibility index (Phi) is 6.31. The van der Waals surface area contributed by atoms with Crippen LogP contribution in [0.4, 0.5) is 5.69 Å². The molecule has 0 radical (unpaired) electrons. The van der Waals surface area contributed by atoms with Gasteiger partial charge in [0.1, 0.15) is 32.2 Å². The first-order chi connectivity index (χ1) is 16.5. The third-order valence-electron chi connectivity index (χ3n) is 7.44. The van der Waals surface area contributed by atoms with Gasteiger partial charge in [-0.05, 0) is 25.5 Å². The van der Waals surface area contributed by atoms with Gasteiger partial charge in [-0.2, -0.15) is 0 Å². The Morgan fingerprint density at radius 2 is 1.38 bits per heavy atom. The molecule has 0 bridgehead atoms. The Morgan fingerprint density at radius 3 is 1.94 bits per heavy atom. The zero-order valence-corrected chi connectivity index (χ0v) is 20.0. The number of piperazine rings is 1. The van der Waals surface area contributed by atoms with E-state index in [4.69, 9.17) is 0 Å². The third-order valence-corrected chi connectivity index (χ3v) is 7.44. The zero-order chi connectivity index (χ0) is 23.7. The lowest BCUT2D eigenvalue weighted by atomic mass is 9.96. The van der Waals surface area contributed by atoms with Gasteiger partial charge in [-0.15, -0.1) is 0 Å². The molecule has 1 atom stereocenters. The molecule has 2 saturated heterocycles. The Balaban J connectivity index is 1.32. The van der Waals surface area contributed by atoms with Crippen LogP contribution in [0.15, 0.2) is 78.9 Å². The highest BCUT2D eigenvalue weighted by atomic mass is 16.2. The maximum Gasteiger partial charge on any atom is 0.292 e. The van der Waals surface area contributed by atoms with Crippen LogP contribution in [0.2, 0.25) is 0 Å². The minimum atomic E-state index is -0.276. The van der Waals surface area contributed by atoms with Gasteiger partial charge in [-0.1, -0.05) is 78.4 Å². The van der Waals surface area contributed by atoms with Crippen molar-refractivity contribution in [3.8, 4) is 0 Å². The largest absolute Gasteiger partial charge is 0.316 e. The third kappa shape index (κ3) is 4.29. The van der Waals surface area contributed by atoms with E-state index >= 15 is 0 Å². The summed E-state index contributed by atoms with van der Waals surface area (Å²) in [7, 11) is 0. The molecule has 0 spiro atoms. The molecule has 0 aliphatic carbocycles. The van der Waals surface area contributed by atoms with Gasteiger partial charge < -0.3 is 9.80 Å². The predicted octanol–water partition coefficient (Wildman–Crippen LogP) is 1.51. The first-order valence-electron chi connectivity index (χ1n) is 12.3. The second-order valence-corrected chi connectivity index (χ2v) is 9.68. The summed E-state index contributed by atoms with van der Waals surface area (Å²) in [6.07, 6.45) is 0.303. The lowest BCUT2D eigenvalue weighted by molar-refractivity contribution is -1.03. The van der Waals surface area contributed by atoms with Crippen LogP contribution in [-0.2, 0) is 9.59 Å². The van der Waals surface area contributed by atoms with Gasteiger partial charge >= 0.3 is 0 Å². The molecule has 2 aliphatic heterocycles. The van der Waals surface area contributed by atoms with Gasteiger partial charge in [0.25, 0.3) is 5.91 Å². The average Bonchev–Trinajstić information content (AvgIpc) is 3.15. The summed E-state index contributed by atoms with van der Waals surface area (Å²) in [5.41, 5.74) is 5.48. The number of nitrogens with zero attached hydrogens (tertiary/aromatic N) is 1. The zero-order valence-electron chi connectivity index (χ0n) is 20.0. The Labute approximate surface area is 201 Å². The fraction of sp³-hybridized carbons (Fsp3) is 0.310. The van der Waals surface area contributed by atoms with Gasteiger partial charge in [0.05, 0.1) is 12.1 Å². The van der Waals surface area contributed by atoms with E-state index in [1.54, 1.807) is 0 Å². The van der Waals surface area contributed by atoms with Crippen molar-refractivity contribution in [3.63, 3.8) is 0 Å². The maximum atomic E-state index is 13.4. The average molecular weight is 456 g/mol. The van der Waals surface area contributed by atoms with Crippen LogP contribution in [0.3, 0.4) is 0 Å². The van der Waals surface area contributed by atoms with E-state index in [2.05, 4.69) is 60.7 Å². The van der Waals surface area contributed by atoms with E-state index < -0.39 is 0 Å². The standard InChI is InChI=1S/C29H31N3O2/c1-21-13-14-25(22(2)19-21)32-27(33)20-26(29(32)34)30-15-17-31(18-16-30)28(23-9-5-3-6-10-23)24-11-7-4-8-12-24/h3-14,19,26,28H,15-18,20H2,1-2H3/p+2/t26-/m0/s1. The number of anilines is 1. The van der Waals surface area contributed by atoms with Crippen molar-refractivity contribution in [1.29, 1.82) is 0 Å². The smallest absolute Gasteiger partial charge is 0.292 e. The summed E-state index contributed by atoms with van der Waals surface area (Å²) < 4.78 is 0. The van der Waals surface area contributed by atoms with Gasteiger partial charge in [0.15, 0.2) is 6.04 Å². The predicted molar refractivity (Wildman–Crippen MR) is 133 cm³/mol. The highest BCUT2D eigenvalue weighted by Gasteiger charge is 2.47. The summed E-state index contributed by atoms with van der Waals surface area (Å²) in [6.45, 7) is 7.69. The summed E-state index contributed by atoms with van der Waals surface area (Å²) in [5.74, 6) is -0.117. The number of quaternary nitrogens is 2. The molecule has 0 aromatic heterocycles. The number of carbonyl (C=O) groups excluding carboxylic acids is 2. The molecule has 5 heteroatoms. The minimum absolute atomic E-state index is 0.0435. The van der Waals surface area contributed by atoms with Gasteiger partial charge in [0, 0.05) is 11.1 Å². The molecule has 0 unspecified atom stereocenters. The van der Waals surface area contributed by atoms with Crippen molar-refractivity contribution in [2.45, 2.75) is 32.4 Å². The number of hydrogen-bond donors (Lipinski definition) is 2. The van der Waals surface area contributed by atoms with Crippen LogP contribution in [0.25, 0.3) is 0 Å². The van der Waals surface area contributed by atoms with E-state index in [1.165, 1.54) is 25.8 Å². The Bertz CT molecular complexity index is 1130. The fourth-order valence-electron chi connectivity index (χ4n) is 5.74. The topological polar surface area (TPSA) is 46.3 Å². The molecular weight excluding hydrogens is 422 g/mol. The number of nitrogens with one attached hydrogen (secondary N) is 2. The summed E-state index contributed by atoms with van der Waals surface area (Å²) in [6, 6.07) is 27.3. The van der Waals surface area contributed by atoms with Crippen molar-refractivity contribution in [2.24, 2.45) is 0 Å². The Morgan fingerprint density at radius 1 is 0.794 bits per heavy atom. The normalized spacial score (nSPS) is 23.0. The molecule has 2 aliphatic rings. The van der Waals surface area contributed by atoms with Crippen molar-refractivity contribution in [1.82, 2.24) is 0 Å². The lowest BCUT2D eigenvalue weighted by Crippen LogP contribution is -3.30. The molecule has 34 heavy (non-hydrogen) atoms. The summed E-state index contributed by atoms with van der Waals surface area (Å²) in [4.78, 5) is 30.5. The molecule has 2 fully saturated rings. The summed E-state index contributed by atoms with van der Waals surface area (Å²) >= 11 is 0. The molecule has 3 aromatic rings. The molecule has 2 amide bonds. The van der Waals surface area contributed by atoms with E-state index in [1.807, 2.05) is 32.0 Å². The molecule has 3 aromatic carbocycles. The molecular formula is C29H33N3O2+2. The van der Waals surface area contributed by atoms with Crippen molar-refractivity contribution in [3.05, 3.63) is 101 Å². The van der Waals surface area contributed by atoms with E-state index in [9.17, 15) is 9.59 Å². The SMILES string of the molecule is Cc1ccc(N2C(=O)C[C@H]([NH+]3CC[NH+](C(c4ccccc4)c4ccccc4)CC3)C2=O)c(C)c1. The highest BCUT2D eigenvalue weighted by molar-refractivity contribution is 6.22. The number of hydrogen-bond acceptors (Lipinski definition) is 2. The van der Waals surface area contributed by atoms with Crippen LogP contribution >= 0.6 is 0 Å². The van der Waals surface area contributed by atoms with Crippen LogP contribution in [-0.4, -0.2) is 44.0 Å². The van der Waals surface area contributed by atoms with Crippen LogP contribution in [0, 0.1) is 13.8 Å². The second kappa shape index (κ2) is 9.53. The van der Waals surface area contributed by atoms with Crippen LogP contribution < -0.4 is 14.7 Å². The van der Waals surface area contributed by atoms with E-state index in [0.29, 0.717) is 6.42 Å². The lowest BCUT2D eigenvalue weighted by Gasteiger charge is -2.36. The van der Waals surface area contributed by atoms with Crippen molar-refractivity contribution >= 4 is 17.5 Å². The van der Waals surface area contributed by atoms with E-state index in [-0.39, 0.29) is 23.9 Å². The molecule has 174 valence electrons. The number of benzene rings is 3. The molecule has 5 nitrogen and oxygen atoms in total. The monoisotopic (exact) mass is 455 g/mol. The molecule has 2 heterocycles. The van der Waals surface area contributed by atoms with Crippen molar-refractivity contribution in [2.75, 3.05) is 31.1 Å². The van der Waals surface area contributed by atoms with Crippen LogP contribution in [0.1, 0.15) is 34.7 Å². The van der Waals surface area contributed by atoms with Crippen molar-refractivity contribution < 1.29 is 19.4 Å².